The molecule has 0 unspecified atom stereocenters. The fraction of sp³-hybridized carbons (Fsp3) is 1.00. The zero-order valence-corrected chi connectivity index (χ0v) is 10.1. The third-order valence-corrected chi connectivity index (χ3v) is 7.61. The summed E-state index contributed by atoms with van der Waals surface area (Å²) in [6, 6.07) is 0. The molecular weight excluding hydrogens is 207 g/mol. The maximum absolute atomic E-state index is 3.94. The van der Waals surface area contributed by atoms with Crippen molar-refractivity contribution in [3.63, 3.8) is 0 Å². The first-order chi connectivity index (χ1) is 4.39. The maximum atomic E-state index is 3.94. The van der Waals surface area contributed by atoms with E-state index >= 15 is 0 Å². The molecule has 0 rings (SSSR count). The first-order valence-electron chi connectivity index (χ1n) is 4.11. The molecule has 0 bridgehead atoms. The van der Waals surface area contributed by atoms with E-state index in [9.17, 15) is 0 Å². The standard InChI is InChI=1S/C8H20BrP/c1-5-7-10(3,4,9)8-6-2/h5-8H2,1-4H3. The topological polar surface area (TPSA) is 0 Å². The van der Waals surface area contributed by atoms with Gasteiger partial charge in [-0.25, -0.2) is 0 Å². The first-order valence-corrected chi connectivity index (χ1v) is 9.63. The Hall–Kier alpha value is 0.910. The van der Waals surface area contributed by atoms with Crippen molar-refractivity contribution in [2.24, 2.45) is 0 Å². The zero-order valence-electron chi connectivity index (χ0n) is 7.65. The van der Waals surface area contributed by atoms with E-state index in [1.54, 1.807) is 0 Å². The molecule has 0 saturated heterocycles. The van der Waals surface area contributed by atoms with Crippen molar-refractivity contribution in [3.8, 4) is 0 Å². The van der Waals surface area contributed by atoms with E-state index < -0.39 is 5.31 Å². The van der Waals surface area contributed by atoms with Crippen LogP contribution < -0.4 is 0 Å². The molecule has 0 aromatic heterocycles. The molecule has 10 heavy (non-hydrogen) atoms. The average Bonchev–Trinajstić information content (AvgIpc) is 1.61. The molecule has 0 aliphatic heterocycles. The summed E-state index contributed by atoms with van der Waals surface area (Å²) in [4.78, 5) is 0. The molecule has 0 heterocycles. The van der Waals surface area contributed by atoms with Crippen LogP contribution in [-0.4, -0.2) is 25.7 Å². The Morgan fingerprint density at radius 2 is 1.30 bits per heavy atom. The summed E-state index contributed by atoms with van der Waals surface area (Å²) < 4.78 is 0. The van der Waals surface area contributed by atoms with Gasteiger partial charge in [0.05, 0.1) is 0 Å². The van der Waals surface area contributed by atoms with Gasteiger partial charge in [-0.05, 0) is 0 Å². The summed E-state index contributed by atoms with van der Waals surface area (Å²) in [6.07, 6.45) is 5.41. The molecular formula is C8H20BrP. The van der Waals surface area contributed by atoms with Gasteiger partial charge in [0.15, 0.2) is 0 Å². The molecule has 0 aromatic rings. The Bertz CT molecular complexity index is 91.6. The second-order valence-corrected chi connectivity index (χ2v) is 17.1. The van der Waals surface area contributed by atoms with Crippen molar-refractivity contribution < 1.29 is 0 Å². The second-order valence-electron chi connectivity index (χ2n) is 3.96. The van der Waals surface area contributed by atoms with Crippen molar-refractivity contribution in [2.45, 2.75) is 26.7 Å². The van der Waals surface area contributed by atoms with E-state index in [0.29, 0.717) is 0 Å². The van der Waals surface area contributed by atoms with Crippen LogP contribution in [0.25, 0.3) is 0 Å². The Balaban J connectivity index is 3.97. The van der Waals surface area contributed by atoms with Crippen molar-refractivity contribution in [1.29, 1.82) is 0 Å². The number of halogens is 1. The summed E-state index contributed by atoms with van der Waals surface area (Å²) in [7, 11) is 0. The molecule has 0 radical (unpaired) electrons. The predicted molar refractivity (Wildman–Crippen MR) is 58.0 cm³/mol. The van der Waals surface area contributed by atoms with Gasteiger partial charge in [-0.3, -0.25) is 0 Å². The second kappa shape index (κ2) is 3.54. The van der Waals surface area contributed by atoms with Gasteiger partial charge in [-0.2, -0.15) is 0 Å². The van der Waals surface area contributed by atoms with Crippen molar-refractivity contribution >= 4 is 20.8 Å². The van der Waals surface area contributed by atoms with E-state index in [4.69, 9.17) is 0 Å². The fourth-order valence-corrected chi connectivity index (χ4v) is 6.60. The Kier molecular flexibility index (Phi) is 3.86. The van der Waals surface area contributed by atoms with Crippen LogP contribution >= 0.6 is 20.8 Å². The van der Waals surface area contributed by atoms with Gasteiger partial charge in [-0.15, -0.1) is 0 Å². The van der Waals surface area contributed by atoms with Gasteiger partial charge >= 0.3 is 73.1 Å². The van der Waals surface area contributed by atoms with Crippen molar-refractivity contribution in [2.75, 3.05) is 25.7 Å². The average molecular weight is 227 g/mol. The van der Waals surface area contributed by atoms with E-state index in [2.05, 4.69) is 42.7 Å². The zero-order chi connectivity index (χ0) is 8.28. The summed E-state index contributed by atoms with van der Waals surface area (Å²) in [5.41, 5.74) is 0. The Morgan fingerprint density at radius 3 is 1.50 bits per heavy atom. The van der Waals surface area contributed by atoms with Crippen LogP contribution in [0.5, 0.6) is 0 Å². The van der Waals surface area contributed by atoms with Crippen LogP contribution in [0.3, 0.4) is 0 Å². The quantitative estimate of drug-likeness (QED) is 0.638. The summed E-state index contributed by atoms with van der Waals surface area (Å²) in [6.45, 7) is 9.40. The van der Waals surface area contributed by atoms with Crippen LogP contribution in [0.2, 0.25) is 0 Å². The predicted octanol–water partition coefficient (Wildman–Crippen LogP) is 3.93. The van der Waals surface area contributed by atoms with E-state index in [0.717, 1.165) is 0 Å². The summed E-state index contributed by atoms with van der Waals surface area (Å²) in [5, 5.41) is -1.35. The third-order valence-electron chi connectivity index (χ3n) is 1.83. The first kappa shape index (κ1) is 10.9. The molecule has 0 fully saturated rings. The molecule has 2 heteroatoms. The van der Waals surface area contributed by atoms with Crippen LogP contribution in [0.4, 0.5) is 0 Å². The van der Waals surface area contributed by atoms with Gasteiger partial charge in [0, 0.05) is 0 Å². The molecule has 0 N–H and O–H groups in total. The molecule has 0 amide bonds. The Labute approximate surface area is 73.4 Å². The molecule has 0 spiro atoms. The summed E-state index contributed by atoms with van der Waals surface area (Å²) in [5.74, 6) is 0. The normalized spacial score (nSPS) is 16.3. The number of rotatable bonds is 4. The van der Waals surface area contributed by atoms with Gasteiger partial charge in [-0.1, -0.05) is 0 Å². The fourth-order valence-electron chi connectivity index (χ4n) is 1.49. The SMILES string of the molecule is CCCP(C)(C)(Br)CCC. The minimum atomic E-state index is -1.35. The van der Waals surface area contributed by atoms with Crippen LogP contribution in [0.1, 0.15) is 26.7 Å². The Morgan fingerprint density at radius 1 is 1.00 bits per heavy atom. The molecule has 0 aromatic carbocycles. The third kappa shape index (κ3) is 4.68. The molecule has 0 saturated carbocycles. The van der Waals surface area contributed by atoms with E-state index in [1.807, 2.05) is 0 Å². The molecule has 0 nitrogen and oxygen atoms in total. The van der Waals surface area contributed by atoms with Crippen LogP contribution in [-0.2, 0) is 0 Å². The summed E-state index contributed by atoms with van der Waals surface area (Å²) >= 11 is 3.94. The molecule has 0 atom stereocenters. The van der Waals surface area contributed by atoms with Gasteiger partial charge in [0.2, 0.25) is 0 Å². The molecule has 0 aliphatic carbocycles. The van der Waals surface area contributed by atoms with Crippen LogP contribution in [0.15, 0.2) is 0 Å². The van der Waals surface area contributed by atoms with E-state index in [1.165, 1.54) is 25.2 Å². The number of hydrogen-bond donors (Lipinski definition) is 0. The monoisotopic (exact) mass is 226 g/mol. The molecule has 0 aliphatic rings. The van der Waals surface area contributed by atoms with Crippen molar-refractivity contribution in [3.05, 3.63) is 0 Å². The number of hydrogen-bond acceptors (Lipinski definition) is 0. The molecule has 64 valence electrons. The van der Waals surface area contributed by atoms with Gasteiger partial charge < -0.3 is 0 Å². The van der Waals surface area contributed by atoms with E-state index in [-0.39, 0.29) is 0 Å². The van der Waals surface area contributed by atoms with Crippen molar-refractivity contribution in [1.82, 2.24) is 0 Å². The van der Waals surface area contributed by atoms with Gasteiger partial charge in [0.1, 0.15) is 0 Å². The van der Waals surface area contributed by atoms with Gasteiger partial charge in [0.25, 0.3) is 0 Å². The minimum absolute atomic E-state index is 1.32. The van der Waals surface area contributed by atoms with Crippen LogP contribution in [0, 0.1) is 0 Å².